The van der Waals surface area contributed by atoms with Crippen LogP contribution in [0.3, 0.4) is 0 Å². The Morgan fingerprint density at radius 1 is 0.625 bits per heavy atom. The third-order valence-corrected chi connectivity index (χ3v) is 9.47. The summed E-state index contributed by atoms with van der Waals surface area (Å²) in [5, 5.41) is 3.35. The number of imidazole rings is 1. The molecule has 1 heterocycles. The molecule has 9 heteroatoms. The van der Waals surface area contributed by atoms with E-state index in [9.17, 15) is 13.2 Å². The fourth-order valence-electron chi connectivity index (χ4n) is 5.96. The van der Waals surface area contributed by atoms with E-state index < -0.39 is 41.2 Å². The Labute approximate surface area is 275 Å². The van der Waals surface area contributed by atoms with Crippen molar-refractivity contribution in [1.82, 2.24) is 9.55 Å². The molecule has 1 atom stereocenters. The number of methoxy groups -OCH3 is 1. The van der Waals surface area contributed by atoms with Crippen LogP contribution in [0.25, 0.3) is 44.7 Å². The van der Waals surface area contributed by atoms with Gasteiger partial charge in [0.2, 0.25) is 5.82 Å². The Hall–Kier alpha value is -5.33. The normalized spacial score (nSPS) is 11.5. The molecule has 0 bridgehead atoms. The largest absolute Gasteiger partial charge is 0.496 e. The highest BCUT2D eigenvalue weighted by molar-refractivity contribution is 7.56. The summed E-state index contributed by atoms with van der Waals surface area (Å²) in [4.78, 5) is 5.17. The summed E-state index contributed by atoms with van der Waals surface area (Å²) in [5.41, 5.74) is 1.97. The van der Waals surface area contributed by atoms with Gasteiger partial charge < -0.3 is 9.30 Å². The molecule has 7 aromatic rings. The average molecular weight is 665 g/mol. The summed E-state index contributed by atoms with van der Waals surface area (Å²) in [6, 6.07) is 37.6. The molecule has 1 aromatic heterocycles. The third kappa shape index (κ3) is 5.52. The molecular formula is C39H26F5N2OP. The van der Waals surface area contributed by atoms with Crippen molar-refractivity contribution in [2.45, 2.75) is 6.54 Å². The van der Waals surface area contributed by atoms with Crippen molar-refractivity contribution in [3.05, 3.63) is 156 Å². The van der Waals surface area contributed by atoms with E-state index in [0.717, 1.165) is 21.4 Å². The number of hydrogen-bond donors (Lipinski definition) is 0. The van der Waals surface area contributed by atoms with Crippen molar-refractivity contribution < 1.29 is 26.7 Å². The van der Waals surface area contributed by atoms with Crippen LogP contribution in [-0.2, 0) is 6.54 Å². The van der Waals surface area contributed by atoms with Gasteiger partial charge in [-0.25, -0.2) is 26.9 Å². The quantitative estimate of drug-likeness (QED) is 0.0701. The summed E-state index contributed by atoms with van der Waals surface area (Å²) < 4.78 is 81.7. The molecule has 6 aromatic carbocycles. The highest BCUT2D eigenvalue weighted by Gasteiger charge is 2.30. The summed E-state index contributed by atoms with van der Waals surface area (Å²) in [7, 11) is 1.69. The Morgan fingerprint density at radius 3 is 1.75 bits per heavy atom. The van der Waals surface area contributed by atoms with Crippen LogP contribution in [0.5, 0.6) is 5.75 Å². The second-order valence-corrected chi connectivity index (χ2v) is 12.4. The highest BCUT2D eigenvalue weighted by Crippen LogP contribution is 2.42. The van der Waals surface area contributed by atoms with Crippen LogP contribution in [0.1, 0.15) is 5.56 Å². The van der Waals surface area contributed by atoms with E-state index in [4.69, 9.17) is 9.72 Å². The number of fused-ring (bicyclic) bond motifs is 1. The minimum absolute atomic E-state index is 0.106. The van der Waals surface area contributed by atoms with Gasteiger partial charge in [-0.15, -0.1) is 0 Å². The zero-order chi connectivity index (χ0) is 33.4. The monoisotopic (exact) mass is 664 g/mol. The molecule has 0 spiro atoms. The Balaban J connectivity index is 1.62. The van der Waals surface area contributed by atoms with Crippen LogP contribution < -0.4 is 15.3 Å². The van der Waals surface area contributed by atoms with E-state index in [2.05, 4.69) is 0 Å². The van der Waals surface area contributed by atoms with E-state index in [1.807, 2.05) is 121 Å². The maximum atomic E-state index is 15.4. The van der Waals surface area contributed by atoms with Crippen molar-refractivity contribution >= 4 is 30.0 Å². The number of benzene rings is 6. The predicted octanol–water partition coefficient (Wildman–Crippen LogP) is 9.42. The topological polar surface area (TPSA) is 27.1 Å². The summed E-state index contributed by atoms with van der Waals surface area (Å²) in [5.74, 6) is -9.08. The van der Waals surface area contributed by atoms with E-state index in [1.165, 1.54) is 0 Å². The van der Waals surface area contributed by atoms with Crippen molar-refractivity contribution in [2.75, 3.05) is 7.11 Å². The molecule has 0 aliphatic carbocycles. The first kappa shape index (κ1) is 31.3. The van der Waals surface area contributed by atoms with Crippen molar-refractivity contribution in [3.8, 4) is 39.7 Å². The fraction of sp³-hybridized carbons (Fsp3) is 0.0513. The number of ether oxygens (including phenoxy) is 1. The first-order chi connectivity index (χ1) is 23.4. The number of halogens is 5. The van der Waals surface area contributed by atoms with Gasteiger partial charge in [-0.1, -0.05) is 124 Å². The maximum absolute atomic E-state index is 15.4. The van der Waals surface area contributed by atoms with Crippen LogP contribution in [0.4, 0.5) is 22.0 Å². The molecule has 3 nitrogen and oxygen atoms in total. The molecule has 0 saturated carbocycles. The molecule has 0 aliphatic rings. The Morgan fingerprint density at radius 2 is 1.15 bits per heavy atom. The summed E-state index contributed by atoms with van der Waals surface area (Å²) in [6.45, 7) is -0.695. The van der Waals surface area contributed by atoms with Gasteiger partial charge in [0.05, 0.1) is 25.0 Å². The van der Waals surface area contributed by atoms with Crippen LogP contribution in [-0.4, -0.2) is 16.7 Å². The van der Waals surface area contributed by atoms with Crippen LogP contribution >= 0.6 is 8.58 Å². The SMILES string of the molecule is COc1cc(Pc2ccccc2)c(-c2nc(-c3ccccc3)c(-c3ccccc3)n2Cc2c(F)c(F)c(F)c(F)c2F)c2ccccc12. The lowest BCUT2D eigenvalue weighted by molar-refractivity contribution is 0.368. The number of hydrogen-bond acceptors (Lipinski definition) is 2. The lowest BCUT2D eigenvalue weighted by atomic mass is 10.0. The molecule has 0 N–H and O–H groups in total. The smallest absolute Gasteiger partial charge is 0.200 e. The van der Waals surface area contributed by atoms with Gasteiger partial charge in [-0.05, 0) is 22.1 Å². The van der Waals surface area contributed by atoms with Gasteiger partial charge in [-0.2, -0.15) is 0 Å². The second-order valence-electron chi connectivity index (χ2n) is 11.0. The molecule has 48 heavy (non-hydrogen) atoms. The van der Waals surface area contributed by atoms with Crippen LogP contribution in [0.2, 0.25) is 0 Å². The van der Waals surface area contributed by atoms with Gasteiger partial charge in [0.25, 0.3) is 0 Å². The van der Waals surface area contributed by atoms with Gasteiger partial charge >= 0.3 is 0 Å². The van der Waals surface area contributed by atoms with Crippen LogP contribution in [0.15, 0.2) is 121 Å². The van der Waals surface area contributed by atoms with Crippen molar-refractivity contribution in [3.63, 3.8) is 0 Å². The molecule has 0 fully saturated rings. The number of rotatable bonds is 8. The lowest BCUT2D eigenvalue weighted by Crippen LogP contribution is -2.15. The van der Waals surface area contributed by atoms with E-state index >= 15 is 8.78 Å². The van der Waals surface area contributed by atoms with E-state index in [0.29, 0.717) is 39.7 Å². The lowest BCUT2D eigenvalue weighted by Gasteiger charge is -2.19. The minimum atomic E-state index is -2.21. The summed E-state index contributed by atoms with van der Waals surface area (Å²) in [6.07, 6.45) is 0. The van der Waals surface area contributed by atoms with E-state index in [1.54, 1.807) is 11.7 Å². The number of nitrogens with zero attached hydrogens (tertiary/aromatic N) is 2. The Bertz CT molecular complexity index is 2250. The van der Waals surface area contributed by atoms with Gasteiger partial charge in [0, 0.05) is 27.6 Å². The van der Waals surface area contributed by atoms with Crippen LogP contribution in [0, 0.1) is 29.1 Å². The molecule has 7 rings (SSSR count). The van der Waals surface area contributed by atoms with Crippen molar-refractivity contribution in [2.24, 2.45) is 0 Å². The first-order valence-electron chi connectivity index (χ1n) is 15.0. The van der Waals surface area contributed by atoms with E-state index in [-0.39, 0.29) is 8.58 Å². The molecule has 0 amide bonds. The predicted molar refractivity (Wildman–Crippen MR) is 182 cm³/mol. The highest BCUT2D eigenvalue weighted by atomic mass is 31.1. The molecule has 0 saturated heterocycles. The number of aromatic nitrogens is 2. The molecule has 0 radical (unpaired) electrons. The third-order valence-electron chi connectivity index (χ3n) is 8.18. The average Bonchev–Trinajstić information content (AvgIpc) is 3.51. The maximum Gasteiger partial charge on any atom is 0.200 e. The molecule has 1 unspecified atom stereocenters. The zero-order valence-corrected chi connectivity index (χ0v) is 26.4. The molecular weight excluding hydrogens is 638 g/mol. The van der Waals surface area contributed by atoms with Gasteiger partial charge in [0.1, 0.15) is 11.6 Å². The first-order valence-corrected chi connectivity index (χ1v) is 16.0. The minimum Gasteiger partial charge on any atom is -0.496 e. The second kappa shape index (κ2) is 13.1. The van der Waals surface area contributed by atoms with Gasteiger partial charge in [0.15, 0.2) is 23.3 Å². The molecule has 238 valence electrons. The standard InChI is InChI=1S/C39H26F5N2OP/c1-47-29-21-30(48-25-17-9-4-10-18-25)31(27-20-12-11-19-26(27)29)39-45-37(23-13-5-2-6-14-23)38(24-15-7-3-8-16-24)46(39)22-28-32(40)34(42)36(44)35(43)33(28)41/h2-21,48H,22H2,1H3. The summed E-state index contributed by atoms with van der Waals surface area (Å²) >= 11 is 0. The van der Waals surface area contributed by atoms with Gasteiger partial charge in [-0.3, -0.25) is 0 Å². The zero-order valence-electron chi connectivity index (χ0n) is 25.4. The van der Waals surface area contributed by atoms with Crippen molar-refractivity contribution in [1.29, 1.82) is 0 Å². The fourth-order valence-corrected chi connectivity index (χ4v) is 7.20. The molecule has 0 aliphatic heterocycles. The Kier molecular flexibility index (Phi) is 8.50.